The number of hydrogen-bond donors (Lipinski definition) is 1. The molecule has 2 heteroatoms. The molecular weight excluding hydrogens is 172 g/mol. The molecule has 1 N–H and O–H groups in total. The average molecular weight is 200 g/mol. The number of hydrogen-bond acceptors (Lipinski definition) is 2. The lowest BCUT2D eigenvalue weighted by atomic mass is 10.1. The van der Waals surface area contributed by atoms with Crippen LogP contribution in [0.15, 0.2) is 0 Å². The van der Waals surface area contributed by atoms with E-state index in [0.717, 1.165) is 6.54 Å². The fraction of sp³-hybridized carbons (Fsp3) is 1.00. The Bertz CT molecular complexity index is 138. The van der Waals surface area contributed by atoms with Gasteiger partial charge in [-0.2, -0.15) is 0 Å². The maximum absolute atomic E-state index is 3.57. The Labute approximate surface area is 90.1 Å². The molecule has 0 rings (SSSR count). The number of rotatable bonds is 6. The second-order valence-electron chi connectivity index (χ2n) is 5.17. The molecule has 0 saturated heterocycles. The van der Waals surface area contributed by atoms with E-state index in [1.165, 1.54) is 19.4 Å². The maximum atomic E-state index is 3.57. The normalized spacial score (nSPS) is 14.8. The van der Waals surface area contributed by atoms with Crippen molar-refractivity contribution in [1.82, 2.24) is 10.2 Å². The van der Waals surface area contributed by atoms with Gasteiger partial charge in [-0.25, -0.2) is 0 Å². The Morgan fingerprint density at radius 2 is 1.79 bits per heavy atom. The third-order valence-electron chi connectivity index (χ3n) is 2.54. The van der Waals surface area contributed by atoms with E-state index in [-0.39, 0.29) is 5.54 Å². The molecule has 0 aromatic heterocycles. The Morgan fingerprint density at radius 3 is 2.14 bits per heavy atom. The highest BCUT2D eigenvalue weighted by atomic mass is 15.1. The molecule has 0 aromatic carbocycles. The van der Waals surface area contributed by atoms with Gasteiger partial charge in [-0.15, -0.1) is 0 Å². The third kappa shape index (κ3) is 6.39. The molecule has 0 spiro atoms. The molecule has 86 valence electrons. The lowest BCUT2D eigenvalue weighted by Gasteiger charge is -2.30. The summed E-state index contributed by atoms with van der Waals surface area (Å²) in [5, 5.41) is 3.57. The highest BCUT2D eigenvalue weighted by Crippen LogP contribution is 2.05. The van der Waals surface area contributed by atoms with E-state index in [1.54, 1.807) is 0 Å². The van der Waals surface area contributed by atoms with Crippen LogP contribution in [-0.2, 0) is 0 Å². The monoisotopic (exact) mass is 200 g/mol. The maximum Gasteiger partial charge on any atom is 0.0215 e. The van der Waals surface area contributed by atoms with Crippen LogP contribution in [0.2, 0.25) is 0 Å². The third-order valence-corrected chi connectivity index (χ3v) is 2.54. The average Bonchev–Trinajstić information content (AvgIpc) is 2.03. The largest absolute Gasteiger partial charge is 0.311 e. The summed E-state index contributed by atoms with van der Waals surface area (Å²) >= 11 is 0. The molecule has 0 saturated carbocycles. The molecule has 0 aliphatic carbocycles. The first-order valence-electron chi connectivity index (χ1n) is 5.86. The molecule has 1 unspecified atom stereocenters. The predicted molar refractivity (Wildman–Crippen MR) is 64.8 cm³/mol. The lowest BCUT2D eigenvalue weighted by Crippen LogP contribution is -2.46. The van der Waals surface area contributed by atoms with Gasteiger partial charge in [-0.3, -0.25) is 0 Å². The molecule has 0 bridgehead atoms. The molecule has 0 amide bonds. The molecule has 2 nitrogen and oxygen atoms in total. The van der Waals surface area contributed by atoms with Crippen molar-refractivity contribution in [3.63, 3.8) is 0 Å². The van der Waals surface area contributed by atoms with Crippen molar-refractivity contribution in [3.05, 3.63) is 0 Å². The summed E-state index contributed by atoms with van der Waals surface area (Å²) in [7, 11) is 2.22. The summed E-state index contributed by atoms with van der Waals surface area (Å²) in [5.41, 5.74) is 0.237. The van der Waals surface area contributed by atoms with Crippen LogP contribution in [0.5, 0.6) is 0 Å². The fourth-order valence-electron chi connectivity index (χ4n) is 1.57. The van der Waals surface area contributed by atoms with Gasteiger partial charge in [-0.05, 0) is 47.2 Å². The van der Waals surface area contributed by atoms with E-state index < -0.39 is 0 Å². The minimum absolute atomic E-state index is 0.237. The van der Waals surface area contributed by atoms with Crippen LogP contribution < -0.4 is 5.32 Å². The second kappa shape index (κ2) is 6.41. The van der Waals surface area contributed by atoms with Gasteiger partial charge in [0, 0.05) is 18.1 Å². The first-order valence-corrected chi connectivity index (χ1v) is 5.86. The zero-order chi connectivity index (χ0) is 11.2. The number of likely N-dealkylation sites (N-methyl/N-ethyl adjacent to an activating group) is 1. The van der Waals surface area contributed by atoms with Crippen LogP contribution in [0, 0.1) is 0 Å². The second-order valence-corrected chi connectivity index (χ2v) is 5.17. The van der Waals surface area contributed by atoms with Crippen molar-refractivity contribution in [2.45, 2.75) is 59.0 Å². The molecule has 0 fully saturated rings. The van der Waals surface area contributed by atoms with Crippen molar-refractivity contribution in [3.8, 4) is 0 Å². The van der Waals surface area contributed by atoms with Crippen molar-refractivity contribution >= 4 is 0 Å². The summed E-state index contributed by atoms with van der Waals surface area (Å²) in [4.78, 5) is 2.46. The lowest BCUT2D eigenvalue weighted by molar-refractivity contribution is 0.216. The highest BCUT2D eigenvalue weighted by Gasteiger charge is 2.15. The van der Waals surface area contributed by atoms with Crippen molar-refractivity contribution in [1.29, 1.82) is 0 Å². The van der Waals surface area contributed by atoms with Crippen LogP contribution in [0.4, 0.5) is 0 Å². The zero-order valence-electron chi connectivity index (χ0n) is 10.9. The Morgan fingerprint density at radius 1 is 1.21 bits per heavy atom. The smallest absolute Gasteiger partial charge is 0.0215 e. The molecule has 14 heavy (non-hydrogen) atoms. The highest BCUT2D eigenvalue weighted by molar-refractivity contribution is 4.76. The summed E-state index contributed by atoms with van der Waals surface area (Å²) in [6.45, 7) is 13.5. The van der Waals surface area contributed by atoms with Gasteiger partial charge in [0.2, 0.25) is 0 Å². The Hall–Kier alpha value is -0.0800. The molecule has 0 aliphatic heterocycles. The fourth-order valence-corrected chi connectivity index (χ4v) is 1.57. The summed E-state index contributed by atoms with van der Waals surface area (Å²) in [5.74, 6) is 0. The molecule has 0 aliphatic rings. The first kappa shape index (κ1) is 13.9. The molecule has 0 heterocycles. The SMILES string of the molecule is CCCN(C)C(CC)CNC(C)(C)C. The summed E-state index contributed by atoms with van der Waals surface area (Å²) in [6.07, 6.45) is 2.46. The molecular formula is C12H28N2. The number of nitrogens with zero attached hydrogens (tertiary/aromatic N) is 1. The van der Waals surface area contributed by atoms with Gasteiger partial charge in [0.25, 0.3) is 0 Å². The van der Waals surface area contributed by atoms with Gasteiger partial charge in [0.05, 0.1) is 0 Å². The van der Waals surface area contributed by atoms with E-state index in [4.69, 9.17) is 0 Å². The van der Waals surface area contributed by atoms with Gasteiger partial charge in [-0.1, -0.05) is 13.8 Å². The summed E-state index contributed by atoms with van der Waals surface area (Å²) < 4.78 is 0. The van der Waals surface area contributed by atoms with Crippen LogP contribution in [-0.4, -0.2) is 36.6 Å². The standard InChI is InChI=1S/C12H28N2/c1-7-9-14(6)11(8-2)10-13-12(3,4)5/h11,13H,7-10H2,1-6H3. The van der Waals surface area contributed by atoms with E-state index in [2.05, 4.69) is 51.9 Å². The minimum atomic E-state index is 0.237. The van der Waals surface area contributed by atoms with E-state index in [0.29, 0.717) is 6.04 Å². The molecule has 1 atom stereocenters. The molecule has 0 radical (unpaired) electrons. The first-order chi connectivity index (χ1) is 6.40. The van der Waals surface area contributed by atoms with Gasteiger partial charge >= 0.3 is 0 Å². The Kier molecular flexibility index (Phi) is 6.38. The minimum Gasteiger partial charge on any atom is -0.311 e. The van der Waals surface area contributed by atoms with Crippen molar-refractivity contribution in [2.75, 3.05) is 20.1 Å². The van der Waals surface area contributed by atoms with Crippen LogP contribution >= 0.6 is 0 Å². The molecule has 0 aromatic rings. The van der Waals surface area contributed by atoms with E-state index in [9.17, 15) is 0 Å². The summed E-state index contributed by atoms with van der Waals surface area (Å²) in [6, 6.07) is 0.675. The van der Waals surface area contributed by atoms with Gasteiger partial charge in [0.15, 0.2) is 0 Å². The van der Waals surface area contributed by atoms with E-state index >= 15 is 0 Å². The van der Waals surface area contributed by atoms with Crippen LogP contribution in [0.3, 0.4) is 0 Å². The van der Waals surface area contributed by atoms with Gasteiger partial charge < -0.3 is 10.2 Å². The van der Waals surface area contributed by atoms with Gasteiger partial charge in [0.1, 0.15) is 0 Å². The topological polar surface area (TPSA) is 15.3 Å². The zero-order valence-corrected chi connectivity index (χ0v) is 10.9. The quantitative estimate of drug-likeness (QED) is 0.708. The van der Waals surface area contributed by atoms with Crippen LogP contribution in [0.1, 0.15) is 47.5 Å². The predicted octanol–water partition coefficient (Wildman–Crippen LogP) is 2.49. The van der Waals surface area contributed by atoms with Crippen LogP contribution in [0.25, 0.3) is 0 Å². The number of nitrogens with one attached hydrogen (secondary N) is 1. The van der Waals surface area contributed by atoms with Crippen molar-refractivity contribution in [2.24, 2.45) is 0 Å². The van der Waals surface area contributed by atoms with E-state index in [1.807, 2.05) is 0 Å². The van der Waals surface area contributed by atoms with Crippen molar-refractivity contribution < 1.29 is 0 Å². The Balaban J connectivity index is 3.90.